The average Bonchev–Trinajstić information content (AvgIpc) is 3.31. The van der Waals surface area contributed by atoms with Gasteiger partial charge in [-0.15, -0.1) is 16.9 Å². The lowest BCUT2D eigenvalue weighted by atomic mass is 9.81. The molecule has 3 rings (SSSR count). The SMILES string of the molecule is CCCCSc1c(OCC)cc(OCC)cc1C1=CCC(C#N)(c2nnn[nH]2)C(=O)N1. The lowest BCUT2D eigenvalue weighted by Gasteiger charge is -2.28. The van der Waals surface area contributed by atoms with E-state index in [1.165, 1.54) is 0 Å². The van der Waals surface area contributed by atoms with Crippen LogP contribution in [0.1, 0.15) is 51.4 Å². The summed E-state index contributed by atoms with van der Waals surface area (Å²) in [5.41, 5.74) is -0.0704. The number of ether oxygens (including phenoxy) is 2. The molecular formula is C21H26N6O3S. The molecule has 10 heteroatoms. The predicted octanol–water partition coefficient (Wildman–Crippen LogP) is 3.21. The van der Waals surface area contributed by atoms with Crippen molar-refractivity contribution < 1.29 is 14.3 Å². The minimum absolute atomic E-state index is 0.124. The van der Waals surface area contributed by atoms with Crippen LogP contribution in [-0.4, -0.2) is 45.5 Å². The first-order valence-electron chi connectivity index (χ1n) is 10.3. The summed E-state index contributed by atoms with van der Waals surface area (Å²) in [6, 6.07) is 5.87. The monoisotopic (exact) mass is 442 g/mol. The van der Waals surface area contributed by atoms with Crippen molar-refractivity contribution >= 4 is 23.4 Å². The molecule has 0 saturated carbocycles. The summed E-state index contributed by atoms with van der Waals surface area (Å²) in [6.07, 6.45) is 4.12. The zero-order chi connectivity index (χ0) is 22.3. The fourth-order valence-corrected chi connectivity index (χ4v) is 4.48. The molecule has 1 amide bonds. The smallest absolute Gasteiger partial charge is 0.253 e. The maximum Gasteiger partial charge on any atom is 0.253 e. The van der Waals surface area contributed by atoms with Crippen LogP contribution in [0, 0.1) is 11.3 Å². The maximum absolute atomic E-state index is 13.1. The van der Waals surface area contributed by atoms with E-state index in [1.54, 1.807) is 11.8 Å². The molecular weight excluding hydrogens is 416 g/mol. The Bertz CT molecular complexity index is 986. The first-order valence-corrected chi connectivity index (χ1v) is 11.3. The number of nitrogens with one attached hydrogen (secondary N) is 2. The number of hydrogen-bond acceptors (Lipinski definition) is 8. The summed E-state index contributed by atoms with van der Waals surface area (Å²) in [6.45, 7) is 7.01. The maximum atomic E-state index is 13.1. The lowest BCUT2D eigenvalue weighted by molar-refractivity contribution is -0.124. The largest absolute Gasteiger partial charge is 0.494 e. The van der Waals surface area contributed by atoms with Crippen molar-refractivity contribution in [3.8, 4) is 17.6 Å². The predicted molar refractivity (Wildman–Crippen MR) is 117 cm³/mol. The van der Waals surface area contributed by atoms with Crippen molar-refractivity contribution in [1.82, 2.24) is 25.9 Å². The van der Waals surface area contributed by atoms with Gasteiger partial charge in [-0.05, 0) is 42.5 Å². The van der Waals surface area contributed by atoms with Gasteiger partial charge in [0.15, 0.2) is 11.2 Å². The molecule has 2 heterocycles. The van der Waals surface area contributed by atoms with E-state index in [-0.39, 0.29) is 12.2 Å². The minimum Gasteiger partial charge on any atom is -0.494 e. The van der Waals surface area contributed by atoms with Crippen molar-refractivity contribution in [2.45, 2.75) is 50.3 Å². The van der Waals surface area contributed by atoms with Crippen LogP contribution in [0.5, 0.6) is 11.5 Å². The quantitative estimate of drug-likeness (QED) is 0.424. The van der Waals surface area contributed by atoms with Gasteiger partial charge >= 0.3 is 0 Å². The molecule has 0 radical (unpaired) electrons. The van der Waals surface area contributed by atoms with Crippen molar-refractivity contribution in [2.75, 3.05) is 19.0 Å². The van der Waals surface area contributed by atoms with Gasteiger partial charge in [0.1, 0.15) is 11.5 Å². The van der Waals surface area contributed by atoms with Gasteiger partial charge in [0.2, 0.25) is 0 Å². The van der Waals surface area contributed by atoms with Crippen molar-refractivity contribution in [3.63, 3.8) is 0 Å². The second kappa shape index (κ2) is 10.3. The fraction of sp³-hybridized carbons (Fsp3) is 0.476. The second-order valence-electron chi connectivity index (χ2n) is 6.91. The summed E-state index contributed by atoms with van der Waals surface area (Å²) in [5.74, 6) is 1.95. The van der Waals surface area contributed by atoms with Gasteiger partial charge in [0.05, 0.1) is 24.2 Å². The van der Waals surface area contributed by atoms with Crippen molar-refractivity contribution in [2.24, 2.45) is 0 Å². The molecule has 2 aromatic rings. The normalized spacial score (nSPS) is 18.1. The molecule has 2 N–H and O–H groups in total. The zero-order valence-electron chi connectivity index (χ0n) is 17.9. The van der Waals surface area contributed by atoms with Crippen molar-refractivity contribution in [3.05, 3.63) is 29.6 Å². The van der Waals surface area contributed by atoms with Crippen molar-refractivity contribution in [1.29, 1.82) is 5.26 Å². The van der Waals surface area contributed by atoms with Crippen LogP contribution in [0.2, 0.25) is 0 Å². The summed E-state index contributed by atoms with van der Waals surface area (Å²) < 4.78 is 11.6. The first-order chi connectivity index (χ1) is 15.1. The number of rotatable bonds is 10. The van der Waals surface area contributed by atoms with E-state index in [2.05, 4.69) is 38.9 Å². The fourth-order valence-electron chi connectivity index (χ4n) is 3.26. The number of aromatic nitrogens is 4. The molecule has 0 saturated heterocycles. The van der Waals surface area contributed by atoms with Crippen LogP contribution >= 0.6 is 11.8 Å². The number of nitrogens with zero attached hydrogens (tertiary/aromatic N) is 4. The molecule has 31 heavy (non-hydrogen) atoms. The molecule has 1 aliphatic rings. The second-order valence-corrected chi connectivity index (χ2v) is 8.01. The number of carbonyl (C=O) groups excluding carboxylic acids is 1. The zero-order valence-corrected chi connectivity index (χ0v) is 18.7. The lowest BCUT2D eigenvalue weighted by Crippen LogP contribution is -2.46. The number of amides is 1. The highest BCUT2D eigenvalue weighted by molar-refractivity contribution is 7.99. The number of benzene rings is 1. The van der Waals surface area contributed by atoms with Crippen LogP contribution in [0.25, 0.3) is 5.70 Å². The highest BCUT2D eigenvalue weighted by Gasteiger charge is 2.46. The summed E-state index contributed by atoms with van der Waals surface area (Å²) in [5, 5.41) is 26.0. The standard InChI is InChI=1S/C21H26N6O3S/c1-4-7-10-31-18-15(11-14(29-5-2)12-17(18)30-6-3)16-8-9-21(13-22,20(28)23-16)19-24-26-27-25-19/h8,11-12H,4-7,9-10H2,1-3H3,(H,23,28)(H,24,25,26,27). The number of aromatic amines is 1. The Hall–Kier alpha value is -3.06. The van der Waals surface area contributed by atoms with Gasteiger partial charge in [0, 0.05) is 23.7 Å². The molecule has 0 fully saturated rings. The van der Waals surface area contributed by atoms with E-state index in [9.17, 15) is 10.1 Å². The van der Waals surface area contributed by atoms with E-state index >= 15 is 0 Å². The van der Waals surface area contributed by atoms with Crippen LogP contribution < -0.4 is 14.8 Å². The third-order valence-electron chi connectivity index (χ3n) is 4.86. The molecule has 9 nitrogen and oxygen atoms in total. The number of hydrogen-bond donors (Lipinski definition) is 2. The number of nitriles is 1. The van der Waals surface area contributed by atoms with Crippen LogP contribution in [0.4, 0.5) is 0 Å². The number of thioether (sulfide) groups is 1. The van der Waals surface area contributed by atoms with Crippen LogP contribution in [0.15, 0.2) is 23.1 Å². The summed E-state index contributed by atoms with van der Waals surface area (Å²) in [7, 11) is 0. The number of allylic oxidation sites excluding steroid dienone is 1. The molecule has 164 valence electrons. The molecule has 1 aliphatic heterocycles. The van der Waals surface area contributed by atoms with Gasteiger partial charge in [-0.3, -0.25) is 4.79 Å². The van der Waals surface area contributed by atoms with Gasteiger partial charge in [-0.2, -0.15) is 5.26 Å². The van der Waals surface area contributed by atoms with Crippen LogP contribution in [0.3, 0.4) is 0 Å². The highest BCUT2D eigenvalue weighted by Crippen LogP contribution is 2.42. The van der Waals surface area contributed by atoms with E-state index in [0.717, 1.165) is 34.8 Å². The van der Waals surface area contributed by atoms with Gasteiger partial charge in [-0.25, -0.2) is 5.10 Å². The molecule has 0 spiro atoms. The van der Waals surface area contributed by atoms with E-state index in [4.69, 9.17) is 9.47 Å². The number of H-pyrrole nitrogens is 1. The van der Waals surface area contributed by atoms with E-state index in [1.807, 2.05) is 32.1 Å². The summed E-state index contributed by atoms with van der Waals surface area (Å²) >= 11 is 1.69. The molecule has 0 aliphatic carbocycles. The minimum atomic E-state index is -1.50. The Balaban J connectivity index is 2.05. The Morgan fingerprint density at radius 1 is 1.26 bits per heavy atom. The third-order valence-corrected chi connectivity index (χ3v) is 6.06. The highest BCUT2D eigenvalue weighted by atomic mass is 32.2. The van der Waals surface area contributed by atoms with E-state index in [0.29, 0.717) is 24.7 Å². The molecule has 1 unspecified atom stereocenters. The van der Waals surface area contributed by atoms with E-state index < -0.39 is 11.3 Å². The first kappa shape index (κ1) is 22.6. The number of tetrazole rings is 1. The van der Waals surface area contributed by atoms with Gasteiger partial charge < -0.3 is 14.8 Å². The Kier molecular flexibility index (Phi) is 7.52. The Labute approximate surface area is 185 Å². The average molecular weight is 443 g/mol. The number of unbranched alkanes of at least 4 members (excludes halogenated alkanes) is 1. The van der Waals surface area contributed by atoms with Gasteiger partial charge in [0.25, 0.3) is 5.91 Å². The van der Waals surface area contributed by atoms with Gasteiger partial charge in [-0.1, -0.05) is 19.4 Å². The molecule has 1 aromatic carbocycles. The summed E-state index contributed by atoms with van der Waals surface area (Å²) in [4.78, 5) is 14.0. The Morgan fingerprint density at radius 3 is 2.68 bits per heavy atom. The molecule has 0 bridgehead atoms. The third kappa shape index (κ3) is 4.66. The molecule has 1 aromatic heterocycles. The molecule has 1 atom stereocenters. The Morgan fingerprint density at radius 2 is 2.06 bits per heavy atom. The topological polar surface area (TPSA) is 126 Å². The van der Waals surface area contributed by atoms with Crippen LogP contribution in [-0.2, 0) is 10.2 Å². The number of carbonyl (C=O) groups is 1.